The number of piperidine rings is 1. The summed E-state index contributed by atoms with van der Waals surface area (Å²) < 4.78 is 0. The first-order valence-corrected chi connectivity index (χ1v) is 8.82. The summed E-state index contributed by atoms with van der Waals surface area (Å²) in [6.45, 7) is 9.39. The van der Waals surface area contributed by atoms with Crippen molar-refractivity contribution in [1.29, 1.82) is 0 Å². The molecule has 0 amide bonds. The highest BCUT2D eigenvalue weighted by Gasteiger charge is 2.19. The Balaban J connectivity index is 1.84. The van der Waals surface area contributed by atoms with E-state index >= 15 is 0 Å². The van der Waals surface area contributed by atoms with E-state index in [4.69, 9.17) is 11.6 Å². The second-order valence-electron chi connectivity index (χ2n) is 6.18. The molecule has 1 aromatic carbocycles. The third-order valence-corrected chi connectivity index (χ3v) is 4.91. The number of rotatable bonds is 7. The van der Waals surface area contributed by atoms with Gasteiger partial charge in [-0.3, -0.25) is 0 Å². The van der Waals surface area contributed by atoms with E-state index in [1.807, 2.05) is 12.1 Å². The molecule has 1 aliphatic rings. The molecule has 21 heavy (non-hydrogen) atoms. The molecular formula is C18H29ClN2. The number of nitrogens with zero attached hydrogens (tertiary/aromatic N) is 1. The van der Waals surface area contributed by atoms with Crippen LogP contribution in [-0.4, -0.2) is 31.1 Å². The van der Waals surface area contributed by atoms with E-state index in [0.717, 1.165) is 17.5 Å². The Bertz CT molecular complexity index is 396. The van der Waals surface area contributed by atoms with Crippen LogP contribution < -0.4 is 5.32 Å². The van der Waals surface area contributed by atoms with Gasteiger partial charge in [-0.05, 0) is 69.1 Å². The lowest BCUT2D eigenvalue weighted by Gasteiger charge is -2.32. The van der Waals surface area contributed by atoms with Crippen molar-refractivity contribution in [3.05, 3.63) is 34.9 Å². The molecule has 3 heteroatoms. The number of halogens is 1. The molecule has 1 N–H and O–H groups in total. The summed E-state index contributed by atoms with van der Waals surface area (Å²) in [7, 11) is 0. The second-order valence-corrected chi connectivity index (χ2v) is 6.62. The normalized spacial score (nSPS) is 18.8. The highest BCUT2D eigenvalue weighted by Crippen LogP contribution is 2.22. The smallest absolute Gasteiger partial charge is 0.0406 e. The van der Waals surface area contributed by atoms with E-state index in [-0.39, 0.29) is 0 Å². The maximum atomic E-state index is 5.99. The molecule has 0 bridgehead atoms. The van der Waals surface area contributed by atoms with Crippen molar-refractivity contribution in [3.63, 3.8) is 0 Å². The zero-order valence-corrected chi connectivity index (χ0v) is 14.2. The van der Waals surface area contributed by atoms with Crippen LogP contribution in [0.5, 0.6) is 0 Å². The average Bonchev–Trinajstić information content (AvgIpc) is 2.53. The molecule has 1 aromatic rings. The van der Waals surface area contributed by atoms with Gasteiger partial charge in [-0.15, -0.1) is 0 Å². The van der Waals surface area contributed by atoms with Gasteiger partial charge in [-0.25, -0.2) is 0 Å². The Morgan fingerprint density at radius 3 is 2.43 bits per heavy atom. The zero-order valence-electron chi connectivity index (χ0n) is 13.4. The largest absolute Gasteiger partial charge is 0.310 e. The minimum atomic E-state index is 0.469. The lowest BCUT2D eigenvalue weighted by atomic mass is 9.95. The van der Waals surface area contributed by atoms with E-state index in [0.29, 0.717) is 6.04 Å². The van der Waals surface area contributed by atoms with Crippen molar-refractivity contribution in [2.24, 2.45) is 5.92 Å². The first kappa shape index (κ1) is 16.8. The van der Waals surface area contributed by atoms with Gasteiger partial charge in [0.2, 0.25) is 0 Å². The third-order valence-electron chi connectivity index (χ3n) is 4.66. The predicted octanol–water partition coefficient (Wildman–Crippen LogP) is 4.50. The SMILES string of the molecule is CCCC(NCC1CCN(CC)CC1)c1ccc(Cl)cc1. The Morgan fingerprint density at radius 2 is 1.86 bits per heavy atom. The Morgan fingerprint density at radius 1 is 1.19 bits per heavy atom. The maximum absolute atomic E-state index is 5.99. The van der Waals surface area contributed by atoms with Crippen molar-refractivity contribution in [1.82, 2.24) is 10.2 Å². The van der Waals surface area contributed by atoms with Crippen molar-refractivity contribution in [2.45, 2.75) is 45.6 Å². The lowest BCUT2D eigenvalue weighted by Crippen LogP contribution is -2.37. The summed E-state index contributed by atoms with van der Waals surface area (Å²) in [6.07, 6.45) is 5.06. The van der Waals surface area contributed by atoms with Crippen molar-refractivity contribution in [2.75, 3.05) is 26.2 Å². The van der Waals surface area contributed by atoms with Crippen LogP contribution in [0, 0.1) is 5.92 Å². The van der Waals surface area contributed by atoms with Crippen LogP contribution in [0.15, 0.2) is 24.3 Å². The number of hydrogen-bond acceptors (Lipinski definition) is 2. The van der Waals surface area contributed by atoms with Gasteiger partial charge in [0.15, 0.2) is 0 Å². The van der Waals surface area contributed by atoms with Crippen molar-refractivity contribution in [3.8, 4) is 0 Å². The lowest BCUT2D eigenvalue weighted by molar-refractivity contribution is 0.187. The molecule has 0 aromatic heterocycles. The summed E-state index contributed by atoms with van der Waals surface area (Å²) in [5.41, 5.74) is 1.37. The first-order chi connectivity index (χ1) is 10.2. The molecule has 0 radical (unpaired) electrons. The van der Waals surface area contributed by atoms with Gasteiger partial charge < -0.3 is 10.2 Å². The van der Waals surface area contributed by atoms with Crippen molar-refractivity contribution >= 4 is 11.6 Å². The number of benzene rings is 1. The van der Waals surface area contributed by atoms with E-state index in [1.54, 1.807) is 0 Å². The van der Waals surface area contributed by atoms with Gasteiger partial charge in [0.1, 0.15) is 0 Å². The summed E-state index contributed by atoms with van der Waals surface area (Å²) in [5.74, 6) is 0.833. The van der Waals surface area contributed by atoms with Crippen LogP contribution in [0.4, 0.5) is 0 Å². The maximum Gasteiger partial charge on any atom is 0.0406 e. The highest BCUT2D eigenvalue weighted by atomic mass is 35.5. The van der Waals surface area contributed by atoms with E-state index in [1.165, 1.54) is 50.9 Å². The molecule has 0 aliphatic carbocycles. The first-order valence-electron chi connectivity index (χ1n) is 8.44. The average molecular weight is 309 g/mol. The molecule has 1 unspecified atom stereocenters. The van der Waals surface area contributed by atoms with Crippen molar-refractivity contribution < 1.29 is 0 Å². The van der Waals surface area contributed by atoms with Gasteiger partial charge in [0.05, 0.1) is 0 Å². The van der Waals surface area contributed by atoms with Crippen LogP contribution in [0.1, 0.15) is 51.1 Å². The predicted molar refractivity (Wildman–Crippen MR) is 91.9 cm³/mol. The zero-order chi connectivity index (χ0) is 15.1. The van der Waals surface area contributed by atoms with Crippen LogP contribution >= 0.6 is 11.6 Å². The molecule has 1 heterocycles. The van der Waals surface area contributed by atoms with Gasteiger partial charge in [-0.2, -0.15) is 0 Å². The minimum Gasteiger partial charge on any atom is -0.310 e. The molecule has 1 saturated heterocycles. The van der Waals surface area contributed by atoms with Crippen LogP contribution in [-0.2, 0) is 0 Å². The molecule has 1 atom stereocenters. The molecule has 0 saturated carbocycles. The van der Waals surface area contributed by atoms with E-state index < -0.39 is 0 Å². The van der Waals surface area contributed by atoms with Gasteiger partial charge in [0.25, 0.3) is 0 Å². The topological polar surface area (TPSA) is 15.3 Å². The standard InChI is InChI=1S/C18H29ClN2/c1-3-5-18(16-6-8-17(19)9-7-16)20-14-15-10-12-21(4-2)13-11-15/h6-9,15,18,20H,3-5,10-14H2,1-2H3. The molecule has 0 spiro atoms. The fourth-order valence-electron chi connectivity index (χ4n) is 3.19. The number of likely N-dealkylation sites (tertiary alicyclic amines) is 1. The molecular weight excluding hydrogens is 280 g/mol. The number of nitrogens with one attached hydrogen (secondary N) is 1. The van der Waals surface area contributed by atoms with Crippen LogP contribution in [0.25, 0.3) is 0 Å². The van der Waals surface area contributed by atoms with E-state index in [9.17, 15) is 0 Å². The Hall–Kier alpha value is -0.570. The Labute approximate surface area is 134 Å². The minimum absolute atomic E-state index is 0.469. The fraction of sp³-hybridized carbons (Fsp3) is 0.667. The van der Waals surface area contributed by atoms with Gasteiger partial charge in [-0.1, -0.05) is 44.0 Å². The van der Waals surface area contributed by atoms with Gasteiger partial charge in [0, 0.05) is 11.1 Å². The molecule has 2 nitrogen and oxygen atoms in total. The molecule has 1 fully saturated rings. The van der Waals surface area contributed by atoms with Crippen LogP contribution in [0.3, 0.4) is 0 Å². The fourth-order valence-corrected chi connectivity index (χ4v) is 3.31. The second kappa shape index (κ2) is 8.77. The molecule has 118 valence electrons. The number of hydrogen-bond donors (Lipinski definition) is 1. The Kier molecular flexibility index (Phi) is 7.01. The summed E-state index contributed by atoms with van der Waals surface area (Å²) in [5, 5.41) is 4.62. The summed E-state index contributed by atoms with van der Waals surface area (Å²) >= 11 is 5.99. The quantitative estimate of drug-likeness (QED) is 0.797. The highest BCUT2D eigenvalue weighted by molar-refractivity contribution is 6.30. The third kappa shape index (κ3) is 5.28. The molecule has 2 rings (SSSR count). The van der Waals surface area contributed by atoms with E-state index in [2.05, 4.69) is 36.2 Å². The van der Waals surface area contributed by atoms with Gasteiger partial charge >= 0.3 is 0 Å². The monoisotopic (exact) mass is 308 g/mol. The summed E-state index contributed by atoms with van der Waals surface area (Å²) in [6, 6.07) is 8.79. The van der Waals surface area contributed by atoms with Crippen LogP contribution in [0.2, 0.25) is 5.02 Å². The molecule has 1 aliphatic heterocycles. The summed E-state index contributed by atoms with van der Waals surface area (Å²) in [4.78, 5) is 2.55.